The molecule has 1 aliphatic carbocycles. The first-order valence-electron chi connectivity index (χ1n) is 7.35. The second-order valence-corrected chi connectivity index (χ2v) is 6.88. The number of benzene rings is 2. The molecule has 0 amide bonds. The Labute approximate surface area is 129 Å². The molecule has 0 radical (unpaired) electrons. The topological polar surface area (TPSA) is 47.6 Å². The van der Waals surface area contributed by atoms with E-state index in [0.717, 1.165) is 16.0 Å². The molecule has 0 spiro atoms. The highest BCUT2D eigenvalue weighted by molar-refractivity contribution is 8.00. The van der Waals surface area contributed by atoms with Crippen molar-refractivity contribution in [3.05, 3.63) is 41.5 Å². The van der Waals surface area contributed by atoms with Gasteiger partial charge in [-0.2, -0.15) is 10.5 Å². The van der Waals surface area contributed by atoms with Gasteiger partial charge in [-0.25, -0.2) is 0 Å². The first-order chi connectivity index (χ1) is 10.3. The lowest BCUT2D eigenvalue weighted by molar-refractivity contribution is 0.516. The summed E-state index contributed by atoms with van der Waals surface area (Å²) < 4.78 is 0. The summed E-state index contributed by atoms with van der Waals surface area (Å²) in [6.45, 7) is 0. The van der Waals surface area contributed by atoms with Gasteiger partial charge in [-0.1, -0.05) is 25.3 Å². The van der Waals surface area contributed by atoms with Crippen molar-refractivity contribution in [2.45, 2.75) is 42.2 Å². The van der Waals surface area contributed by atoms with Gasteiger partial charge in [-0.3, -0.25) is 0 Å². The summed E-state index contributed by atoms with van der Waals surface area (Å²) in [7, 11) is 0. The molecule has 0 heterocycles. The Bertz CT molecular complexity index is 746. The predicted octanol–water partition coefficient (Wildman–Crippen LogP) is 5.01. The zero-order valence-corrected chi connectivity index (χ0v) is 12.6. The van der Waals surface area contributed by atoms with Gasteiger partial charge < -0.3 is 0 Å². The fraction of sp³-hybridized carbons (Fsp3) is 0.333. The zero-order valence-electron chi connectivity index (χ0n) is 11.8. The first kappa shape index (κ1) is 14.0. The van der Waals surface area contributed by atoms with Gasteiger partial charge in [0.15, 0.2) is 0 Å². The van der Waals surface area contributed by atoms with E-state index in [-0.39, 0.29) is 0 Å². The van der Waals surface area contributed by atoms with Crippen LogP contribution in [0, 0.1) is 22.7 Å². The average molecular weight is 292 g/mol. The van der Waals surface area contributed by atoms with Crippen LogP contribution in [0.5, 0.6) is 0 Å². The largest absolute Gasteiger partial charge is 0.192 e. The van der Waals surface area contributed by atoms with E-state index >= 15 is 0 Å². The Hall–Kier alpha value is -1.97. The van der Waals surface area contributed by atoms with Gasteiger partial charge in [0, 0.05) is 10.1 Å². The van der Waals surface area contributed by atoms with E-state index in [1.54, 1.807) is 0 Å². The van der Waals surface area contributed by atoms with Crippen molar-refractivity contribution in [1.82, 2.24) is 0 Å². The Morgan fingerprint density at radius 3 is 2.19 bits per heavy atom. The quantitative estimate of drug-likeness (QED) is 0.781. The molecular formula is C18H16N2S. The second kappa shape index (κ2) is 6.20. The maximum atomic E-state index is 9.13. The summed E-state index contributed by atoms with van der Waals surface area (Å²) in [6, 6.07) is 14.2. The number of thioether (sulfide) groups is 1. The van der Waals surface area contributed by atoms with Crippen LogP contribution >= 0.6 is 11.8 Å². The van der Waals surface area contributed by atoms with Crippen LogP contribution in [0.2, 0.25) is 0 Å². The molecular weight excluding hydrogens is 276 g/mol. The lowest BCUT2D eigenvalue weighted by atomic mass is 10.0. The second-order valence-electron chi connectivity index (χ2n) is 5.51. The van der Waals surface area contributed by atoms with E-state index in [4.69, 9.17) is 10.5 Å². The fourth-order valence-corrected chi connectivity index (χ4v) is 4.21. The van der Waals surface area contributed by atoms with Crippen molar-refractivity contribution in [2.75, 3.05) is 0 Å². The number of rotatable bonds is 2. The zero-order chi connectivity index (χ0) is 14.7. The molecule has 3 heteroatoms. The maximum Gasteiger partial charge on any atom is 0.101 e. The summed E-state index contributed by atoms with van der Waals surface area (Å²) in [5, 5.41) is 21.0. The van der Waals surface area contributed by atoms with Gasteiger partial charge in [0.25, 0.3) is 0 Å². The van der Waals surface area contributed by atoms with E-state index < -0.39 is 0 Å². The standard InChI is InChI=1S/C18H16N2S/c19-11-15-8-13-6-7-18(10-14(13)9-16(15)12-20)21-17-4-2-1-3-5-17/h6-10,17H,1-5H2. The summed E-state index contributed by atoms with van der Waals surface area (Å²) >= 11 is 1.95. The summed E-state index contributed by atoms with van der Waals surface area (Å²) in [5.74, 6) is 0. The van der Waals surface area contributed by atoms with Gasteiger partial charge in [-0.05, 0) is 47.9 Å². The van der Waals surface area contributed by atoms with Crippen molar-refractivity contribution in [3.63, 3.8) is 0 Å². The van der Waals surface area contributed by atoms with Crippen LogP contribution < -0.4 is 0 Å². The third kappa shape index (κ3) is 3.04. The van der Waals surface area contributed by atoms with Crippen molar-refractivity contribution < 1.29 is 0 Å². The van der Waals surface area contributed by atoms with Crippen molar-refractivity contribution >= 4 is 22.5 Å². The number of fused-ring (bicyclic) bond motifs is 1. The Morgan fingerprint density at radius 2 is 1.52 bits per heavy atom. The number of hydrogen-bond acceptors (Lipinski definition) is 3. The van der Waals surface area contributed by atoms with Gasteiger partial charge in [0.1, 0.15) is 12.1 Å². The Balaban J connectivity index is 1.92. The van der Waals surface area contributed by atoms with E-state index in [0.29, 0.717) is 11.1 Å². The highest BCUT2D eigenvalue weighted by atomic mass is 32.2. The molecule has 2 nitrogen and oxygen atoms in total. The number of hydrogen-bond donors (Lipinski definition) is 0. The van der Waals surface area contributed by atoms with E-state index in [9.17, 15) is 0 Å². The average Bonchev–Trinajstić information content (AvgIpc) is 2.54. The van der Waals surface area contributed by atoms with E-state index in [2.05, 4.69) is 30.3 Å². The molecule has 0 bridgehead atoms. The molecule has 1 saturated carbocycles. The van der Waals surface area contributed by atoms with Crippen molar-refractivity contribution in [2.24, 2.45) is 0 Å². The van der Waals surface area contributed by atoms with Crippen LogP contribution in [-0.2, 0) is 0 Å². The van der Waals surface area contributed by atoms with Crippen molar-refractivity contribution in [1.29, 1.82) is 10.5 Å². The van der Waals surface area contributed by atoms with Gasteiger partial charge in [0.2, 0.25) is 0 Å². The molecule has 0 aromatic heterocycles. The molecule has 21 heavy (non-hydrogen) atoms. The maximum absolute atomic E-state index is 9.13. The lowest BCUT2D eigenvalue weighted by Crippen LogP contribution is -2.07. The molecule has 2 aromatic rings. The Morgan fingerprint density at radius 1 is 0.857 bits per heavy atom. The molecule has 104 valence electrons. The van der Waals surface area contributed by atoms with E-state index in [1.165, 1.54) is 37.0 Å². The van der Waals surface area contributed by atoms with Crippen LogP contribution in [0.1, 0.15) is 43.2 Å². The minimum absolute atomic E-state index is 0.456. The minimum Gasteiger partial charge on any atom is -0.192 e. The van der Waals surface area contributed by atoms with Crippen LogP contribution in [0.4, 0.5) is 0 Å². The normalized spacial score (nSPS) is 15.5. The SMILES string of the molecule is N#Cc1cc2ccc(SC3CCCCC3)cc2cc1C#N. The summed E-state index contributed by atoms with van der Waals surface area (Å²) in [6.07, 6.45) is 6.67. The van der Waals surface area contributed by atoms with Crippen molar-refractivity contribution in [3.8, 4) is 12.1 Å². The van der Waals surface area contributed by atoms with Crippen LogP contribution in [-0.4, -0.2) is 5.25 Å². The highest BCUT2D eigenvalue weighted by Gasteiger charge is 2.15. The van der Waals surface area contributed by atoms with Gasteiger partial charge in [0.05, 0.1) is 11.1 Å². The molecule has 0 aliphatic heterocycles. The molecule has 3 rings (SSSR count). The van der Waals surface area contributed by atoms with E-state index in [1.807, 2.05) is 23.9 Å². The summed E-state index contributed by atoms with van der Waals surface area (Å²) in [4.78, 5) is 1.27. The van der Waals surface area contributed by atoms with Gasteiger partial charge in [-0.15, -0.1) is 11.8 Å². The molecule has 0 saturated heterocycles. The first-order valence-corrected chi connectivity index (χ1v) is 8.23. The Kier molecular flexibility index (Phi) is 4.13. The molecule has 0 N–H and O–H groups in total. The molecule has 1 aliphatic rings. The monoisotopic (exact) mass is 292 g/mol. The minimum atomic E-state index is 0.456. The molecule has 0 unspecified atom stereocenters. The predicted molar refractivity (Wildman–Crippen MR) is 86.1 cm³/mol. The highest BCUT2D eigenvalue weighted by Crippen LogP contribution is 2.35. The summed E-state index contributed by atoms with van der Waals surface area (Å²) in [5.41, 5.74) is 0.919. The number of nitrogens with zero attached hydrogens (tertiary/aromatic N) is 2. The third-order valence-electron chi connectivity index (χ3n) is 4.04. The third-order valence-corrected chi connectivity index (χ3v) is 5.37. The van der Waals surface area contributed by atoms with Crippen LogP contribution in [0.15, 0.2) is 35.2 Å². The van der Waals surface area contributed by atoms with Crippen LogP contribution in [0.25, 0.3) is 10.8 Å². The van der Waals surface area contributed by atoms with Crippen LogP contribution in [0.3, 0.4) is 0 Å². The molecule has 0 atom stereocenters. The van der Waals surface area contributed by atoms with Gasteiger partial charge >= 0.3 is 0 Å². The lowest BCUT2D eigenvalue weighted by Gasteiger charge is -2.21. The molecule has 2 aromatic carbocycles. The molecule has 1 fully saturated rings. The fourth-order valence-electron chi connectivity index (χ4n) is 2.91. The smallest absolute Gasteiger partial charge is 0.101 e. The number of nitriles is 2.